The van der Waals surface area contributed by atoms with Crippen molar-refractivity contribution in [1.29, 1.82) is 0 Å². The molecule has 0 bridgehead atoms. The Bertz CT molecular complexity index is 464. The zero-order valence-electron chi connectivity index (χ0n) is 9.03. The highest BCUT2D eigenvalue weighted by atomic mass is 35.5. The fourth-order valence-electron chi connectivity index (χ4n) is 1.48. The van der Waals surface area contributed by atoms with Crippen molar-refractivity contribution in [3.8, 4) is 5.82 Å². The third-order valence-corrected chi connectivity index (χ3v) is 2.67. The van der Waals surface area contributed by atoms with Crippen molar-refractivity contribution < 1.29 is 0 Å². The molecule has 2 heterocycles. The van der Waals surface area contributed by atoms with Crippen molar-refractivity contribution >= 4 is 11.6 Å². The van der Waals surface area contributed by atoms with Gasteiger partial charge in [-0.2, -0.15) is 10.2 Å². The Morgan fingerprint density at radius 3 is 2.40 bits per heavy atom. The van der Waals surface area contributed by atoms with Gasteiger partial charge in [-0.15, -0.1) is 11.6 Å². The lowest BCUT2D eigenvalue weighted by molar-refractivity contribution is 0.706. The van der Waals surface area contributed by atoms with Crippen molar-refractivity contribution in [2.75, 3.05) is 0 Å². The molecule has 0 atom stereocenters. The van der Waals surface area contributed by atoms with E-state index in [1.807, 2.05) is 42.4 Å². The largest absolute Gasteiger partial charge is 0.271 e. The quantitative estimate of drug-likeness (QED) is 0.732. The summed E-state index contributed by atoms with van der Waals surface area (Å²) in [5.74, 6) is 1.27. The lowest BCUT2D eigenvalue weighted by Gasteiger charge is -1.97. The summed E-state index contributed by atoms with van der Waals surface area (Å²) >= 11 is 5.73. The number of aryl methyl sites for hydroxylation is 3. The third-order valence-electron chi connectivity index (χ3n) is 2.39. The third kappa shape index (κ3) is 1.77. The standard InChI is InChI=1S/C10H13ClN4/c1-7-5-10(13-14(7)3)15-8(2)4-9(6-11)12-15/h4-5H,6H2,1-3H3. The van der Waals surface area contributed by atoms with Crippen LogP contribution in [-0.2, 0) is 12.9 Å². The molecule has 0 radical (unpaired) electrons. The first-order valence-corrected chi connectivity index (χ1v) is 5.28. The van der Waals surface area contributed by atoms with Crippen molar-refractivity contribution in [2.45, 2.75) is 19.7 Å². The molecule has 4 nitrogen and oxygen atoms in total. The van der Waals surface area contributed by atoms with Crippen molar-refractivity contribution in [2.24, 2.45) is 7.05 Å². The molecule has 0 N–H and O–H groups in total. The number of hydrogen-bond donors (Lipinski definition) is 0. The molecule has 0 aliphatic rings. The Balaban J connectivity index is 2.48. The highest BCUT2D eigenvalue weighted by molar-refractivity contribution is 6.16. The predicted molar refractivity (Wildman–Crippen MR) is 59.4 cm³/mol. The first kappa shape index (κ1) is 10.2. The Kier molecular flexibility index (Phi) is 2.52. The lowest BCUT2D eigenvalue weighted by atomic mass is 10.4. The van der Waals surface area contributed by atoms with E-state index < -0.39 is 0 Å². The van der Waals surface area contributed by atoms with Gasteiger partial charge in [0.15, 0.2) is 5.82 Å². The molecular formula is C10H13ClN4. The molecule has 0 unspecified atom stereocenters. The van der Waals surface area contributed by atoms with Crippen molar-refractivity contribution in [1.82, 2.24) is 19.6 Å². The van der Waals surface area contributed by atoms with Crippen LogP contribution in [0, 0.1) is 13.8 Å². The minimum atomic E-state index is 0.430. The molecule has 0 aromatic carbocycles. The van der Waals surface area contributed by atoms with Gasteiger partial charge < -0.3 is 0 Å². The molecule has 0 aliphatic carbocycles. The fourth-order valence-corrected chi connectivity index (χ4v) is 1.61. The first-order chi connectivity index (χ1) is 7.11. The van der Waals surface area contributed by atoms with Gasteiger partial charge in [0, 0.05) is 24.5 Å². The maximum Gasteiger partial charge on any atom is 0.175 e. The molecule has 0 saturated carbocycles. The lowest BCUT2D eigenvalue weighted by Crippen LogP contribution is -2.01. The fraction of sp³-hybridized carbons (Fsp3) is 0.400. The van der Waals surface area contributed by atoms with E-state index in [4.69, 9.17) is 11.6 Å². The van der Waals surface area contributed by atoms with Crippen LogP contribution in [0.3, 0.4) is 0 Å². The summed E-state index contributed by atoms with van der Waals surface area (Å²) in [5, 5.41) is 8.72. The maximum absolute atomic E-state index is 5.73. The van der Waals surface area contributed by atoms with Crippen LogP contribution in [-0.4, -0.2) is 19.6 Å². The van der Waals surface area contributed by atoms with Gasteiger partial charge in [0.1, 0.15) is 0 Å². The highest BCUT2D eigenvalue weighted by Gasteiger charge is 2.09. The van der Waals surface area contributed by atoms with E-state index in [1.54, 1.807) is 0 Å². The van der Waals surface area contributed by atoms with Crippen LogP contribution in [0.25, 0.3) is 5.82 Å². The molecule has 2 rings (SSSR count). The second-order valence-corrected chi connectivity index (χ2v) is 3.86. The number of rotatable bonds is 2. The summed E-state index contributed by atoms with van der Waals surface area (Å²) in [6, 6.07) is 3.97. The average molecular weight is 225 g/mol. The molecule has 0 fully saturated rings. The van der Waals surface area contributed by atoms with Gasteiger partial charge in [0.05, 0.1) is 11.6 Å². The average Bonchev–Trinajstić information content (AvgIpc) is 2.71. The normalized spacial score (nSPS) is 10.9. The monoisotopic (exact) mass is 224 g/mol. The molecule has 0 spiro atoms. The molecule has 80 valence electrons. The number of halogens is 1. The van der Waals surface area contributed by atoms with Gasteiger partial charge in [-0.25, -0.2) is 4.68 Å². The van der Waals surface area contributed by atoms with Gasteiger partial charge in [-0.05, 0) is 19.9 Å². The summed E-state index contributed by atoms with van der Waals surface area (Å²) in [4.78, 5) is 0. The number of aromatic nitrogens is 4. The Labute approximate surface area is 93.5 Å². The molecule has 0 amide bonds. The Hall–Kier alpha value is -1.29. The number of nitrogens with zero attached hydrogens (tertiary/aromatic N) is 4. The highest BCUT2D eigenvalue weighted by Crippen LogP contribution is 2.12. The van der Waals surface area contributed by atoms with E-state index in [9.17, 15) is 0 Å². The van der Waals surface area contributed by atoms with Gasteiger partial charge in [-0.3, -0.25) is 4.68 Å². The topological polar surface area (TPSA) is 35.6 Å². The molecule has 5 heteroatoms. The SMILES string of the molecule is Cc1cc(-n2nc(CCl)cc2C)nn1C. The van der Waals surface area contributed by atoms with Crippen LogP contribution < -0.4 is 0 Å². The molecule has 15 heavy (non-hydrogen) atoms. The van der Waals surface area contributed by atoms with E-state index in [-0.39, 0.29) is 0 Å². The summed E-state index contributed by atoms with van der Waals surface area (Å²) in [5.41, 5.74) is 3.02. The van der Waals surface area contributed by atoms with E-state index in [2.05, 4.69) is 10.2 Å². The van der Waals surface area contributed by atoms with Crippen LogP contribution in [0.1, 0.15) is 17.1 Å². The van der Waals surface area contributed by atoms with E-state index >= 15 is 0 Å². The second kappa shape index (κ2) is 3.70. The molecule has 2 aromatic rings. The van der Waals surface area contributed by atoms with Crippen LogP contribution in [0.5, 0.6) is 0 Å². The molecule has 0 saturated heterocycles. The van der Waals surface area contributed by atoms with Gasteiger partial charge in [0.2, 0.25) is 0 Å². The zero-order valence-corrected chi connectivity index (χ0v) is 9.78. The van der Waals surface area contributed by atoms with E-state index in [0.29, 0.717) is 5.88 Å². The van der Waals surface area contributed by atoms with Crippen molar-refractivity contribution in [3.05, 3.63) is 29.2 Å². The van der Waals surface area contributed by atoms with E-state index in [0.717, 1.165) is 22.9 Å². The number of alkyl halides is 1. The molecule has 2 aromatic heterocycles. The van der Waals surface area contributed by atoms with Crippen LogP contribution in [0.2, 0.25) is 0 Å². The minimum absolute atomic E-state index is 0.430. The van der Waals surface area contributed by atoms with E-state index in [1.165, 1.54) is 0 Å². The van der Waals surface area contributed by atoms with Crippen LogP contribution in [0.15, 0.2) is 12.1 Å². The minimum Gasteiger partial charge on any atom is -0.271 e. The van der Waals surface area contributed by atoms with Crippen LogP contribution in [0.4, 0.5) is 0 Å². The summed E-state index contributed by atoms with van der Waals surface area (Å²) in [7, 11) is 1.92. The van der Waals surface area contributed by atoms with Gasteiger partial charge in [-0.1, -0.05) is 0 Å². The molecular weight excluding hydrogens is 212 g/mol. The predicted octanol–water partition coefficient (Wildman–Crippen LogP) is 1.96. The van der Waals surface area contributed by atoms with Gasteiger partial charge in [0.25, 0.3) is 0 Å². The zero-order chi connectivity index (χ0) is 11.0. The molecule has 0 aliphatic heterocycles. The van der Waals surface area contributed by atoms with Crippen LogP contribution >= 0.6 is 11.6 Å². The Morgan fingerprint density at radius 2 is 1.93 bits per heavy atom. The smallest absolute Gasteiger partial charge is 0.175 e. The maximum atomic E-state index is 5.73. The summed E-state index contributed by atoms with van der Waals surface area (Å²) in [6.45, 7) is 4.00. The summed E-state index contributed by atoms with van der Waals surface area (Å²) in [6.07, 6.45) is 0. The summed E-state index contributed by atoms with van der Waals surface area (Å²) < 4.78 is 3.64. The Morgan fingerprint density at radius 1 is 1.20 bits per heavy atom. The second-order valence-electron chi connectivity index (χ2n) is 3.59. The van der Waals surface area contributed by atoms with Crippen molar-refractivity contribution in [3.63, 3.8) is 0 Å². The first-order valence-electron chi connectivity index (χ1n) is 4.74. The number of hydrogen-bond acceptors (Lipinski definition) is 2. The van der Waals surface area contributed by atoms with Gasteiger partial charge >= 0.3 is 0 Å².